The highest BCUT2D eigenvalue weighted by molar-refractivity contribution is 7.83. The number of aliphatic hydroxyl groups is 2. The number of aldehydes is 1. The molecule has 0 aromatic heterocycles. The minimum absolute atomic E-state index is 0.0174. The third-order valence-electron chi connectivity index (χ3n) is 10.1. The minimum atomic E-state index is -1.48. The predicted octanol–water partition coefficient (Wildman–Crippen LogP) is 5.64. The molecule has 5 unspecified atom stereocenters. The van der Waals surface area contributed by atoms with Gasteiger partial charge >= 0.3 is 0 Å². The maximum absolute atomic E-state index is 12.9. The van der Waals surface area contributed by atoms with E-state index in [0.717, 1.165) is 68.1 Å². The Kier molecular flexibility index (Phi) is 18.9. The van der Waals surface area contributed by atoms with Crippen molar-refractivity contribution < 1.29 is 33.5 Å². The smallest absolute Gasteiger partial charge is 0.263 e. The first-order valence-corrected chi connectivity index (χ1v) is 20.1. The number of likely N-dealkylation sites (N-methyl/N-ethyl adjacent to an activating group) is 1. The number of carbonyl (C=O) groups excluding carboxylic acids is 2. The van der Waals surface area contributed by atoms with Gasteiger partial charge in [-0.1, -0.05) is 44.4 Å². The standard InChI is InChI=1S/C29H35ClN2O4S.C5H13NO2.C5H12O/c1-2-4-19-13-24(30)8-10-25(19)23-16-32-15-21-6-9-26(21)22(17-33)5-3-12-37(35)31-29(34)20-7-11-28(36-18-23)27(32)14-20;1-6(2)5(3-7)4-8;1-3-4-5-6-2/h7-8,10-11,13-14,17,21-23,26H,2-6,9,12,15-16,18H2,1H3,(H,31,34);5,7-8H,3-4H2,1-2H3;3-5H2,1-2H3. The molecule has 1 saturated carbocycles. The number of unbranched alkanes of at least 4 members (excludes halogenated alkanes) is 1. The molecular formula is C39H60ClN3O7S. The van der Waals surface area contributed by atoms with Gasteiger partial charge < -0.3 is 34.3 Å². The van der Waals surface area contributed by atoms with Crippen molar-refractivity contribution in [3.05, 3.63) is 58.1 Å². The number of hydrogen-bond donors (Lipinski definition) is 3. The zero-order valence-electron chi connectivity index (χ0n) is 31.2. The average Bonchev–Trinajstić information content (AvgIpc) is 3.28. The molecule has 286 valence electrons. The van der Waals surface area contributed by atoms with Crippen LogP contribution >= 0.6 is 11.6 Å². The number of nitrogens with one attached hydrogen (secondary N) is 1. The third-order valence-corrected chi connectivity index (χ3v) is 11.4. The van der Waals surface area contributed by atoms with Crippen molar-refractivity contribution in [3.63, 3.8) is 0 Å². The van der Waals surface area contributed by atoms with Crippen molar-refractivity contribution >= 4 is 40.5 Å². The molecule has 12 heteroatoms. The number of fused-ring (bicyclic) bond motifs is 2. The normalized spacial score (nSPS) is 23.1. The second-order valence-electron chi connectivity index (χ2n) is 13.9. The summed E-state index contributed by atoms with van der Waals surface area (Å²) in [6.45, 7) is 7.36. The molecule has 2 aliphatic heterocycles. The average molecular weight is 750 g/mol. The molecule has 2 heterocycles. The second kappa shape index (κ2) is 22.5. The van der Waals surface area contributed by atoms with Gasteiger partial charge in [0.2, 0.25) is 0 Å². The zero-order chi connectivity index (χ0) is 37.3. The predicted molar refractivity (Wildman–Crippen MR) is 206 cm³/mol. The quantitative estimate of drug-likeness (QED) is 0.209. The lowest BCUT2D eigenvalue weighted by atomic mass is 9.66. The van der Waals surface area contributed by atoms with Crippen molar-refractivity contribution in [2.75, 3.05) is 71.4 Å². The lowest BCUT2D eigenvalue weighted by Crippen LogP contribution is -2.43. The number of hydrogen-bond acceptors (Lipinski definition) is 9. The van der Waals surface area contributed by atoms with Gasteiger partial charge in [-0.25, -0.2) is 4.21 Å². The molecule has 0 radical (unpaired) electrons. The summed E-state index contributed by atoms with van der Waals surface area (Å²) < 4.78 is 26.3. The number of amides is 1. The summed E-state index contributed by atoms with van der Waals surface area (Å²) in [5, 5.41) is 17.7. The topological polar surface area (TPSA) is 129 Å². The number of halogens is 1. The van der Waals surface area contributed by atoms with Crippen molar-refractivity contribution in [3.8, 4) is 5.75 Å². The van der Waals surface area contributed by atoms with E-state index in [1.165, 1.54) is 24.0 Å². The molecule has 0 spiro atoms. The SMILES string of the molecule is CCCCOC.CCCc1cc(Cl)ccc1C1COc2ccc3cc2N(C1)CC1CCC1C(C=O)CCCS(=O)NC3=O.CN(C)C(CO)CO. The van der Waals surface area contributed by atoms with Gasteiger partial charge in [-0.15, -0.1) is 0 Å². The van der Waals surface area contributed by atoms with E-state index in [4.69, 9.17) is 31.3 Å². The fourth-order valence-electron chi connectivity index (χ4n) is 6.84. The first-order chi connectivity index (χ1) is 24.6. The molecule has 1 amide bonds. The molecule has 1 fully saturated rings. The Morgan fingerprint density at radius 1 is 1.10 bits per heavy atom. The fourth-order valence-corrected chi connectivity index (χ4v) is 7.89. The maximum Gasteiger partial charge on any atom is 0.263 e. The summed E-state index contributed by atoms with van der Waals surface area (Å²) in [4.78, 5) is 29.1. The number of benzene rings is 2. The summed E-state index contributed by atoms with van der Waals surface area (Å²) in [6.07, 6.45) is 8.99. The number of rotatable bonds is 10. The molecule has 3 N–H and O–H groups in total. The Morgan fingerprint density at radius 3 is 2.43 bits per heavy atom. The van der Waals surface area contributed by atoms with Gasteiger partial charge in [-0.05, 0) is 106 Å². The molecular weight excluding hydrogens is 690 g/mol. The van der Waals surface area contributed by atoms with E-state index in [1.807, 2.05) is 32.3 Å². The molecule has 10 nitrogen and oxygen atoms in total. The molecule has 2 aromatic rings. The number of carbonyl (C=O) groups is 2. The Labute approximate surface area is 312 Å². The molecule has 1 aliphatic carbocycles. The van der Waals surface area contributed by atoms with Gasteiger partial charge in [0, 0.05) is 55.0 Å². The summed E-state index contributed by atoms with van der Waals surface area (Å²) in [6, 6.07) is 11.5. The number of methoxy groups -OCH3 is 1. The molecule has 5 rings (SSSR count). The highest BCUT2D eigenvalue weighted by atomic mass is 35.5. The first-order valence-electron chi connectivity index (χ1n) is 18.4. The summed E-state index contributed by atoms with van der Waals surface area (Å²) in [7, 11) is 3.89. The van der Waals surface area contributed by atoms with E-state index in [0.29, 0.717) is 42.6 Å². The second-order valence-corrected chi connectivity index (χ2v) is 15.7. The van der Waals surface area contributed by atoms with Crippen molar-refractivity contribution in [2.45, 2.75) is 77.2 Å². The number of aryl methyl sites for hydroxylation is 1. The van der Waals surface area contributed by atoms with Crippen LogP contribution in [0.2, 0.25) is 5.02 Å². The van der Waals surface area contributed by atoms with Crippen molar-refractivity contribution in [1.82, 2.24) is 9.62 Å². The minimum Gasteiger partial charge on any atom is -0.491 e. The van der Waals surface area contributed by atoms with Gasteiger partial charge in [0.25, 0.3) is 5.91 Å². The van der Waals surface area contributed by atoms with Gasteiger partial charge in [0.1, 0.15) is 23.0 Å². The molecule has 2 aromatic carbocycles. The van der Waals surface area contributed by atoms with E-state index in [-0.39, 0.29) is 37.0 Å². The van der Waals surface area contributed by atoms with Gasteiger partial charge in [0.15, 0.2) is 0 Å². The van der Waals surface area contributed by atoms with Crippen molar-refractivity contribution in [2.24, 2.45) is 17.8 Å². The largest absolute Gasteiger partial charge is 0.491 e. The monoisotopic (exact) mass is 749 g/mol. The number of aliphatic hydroxyl groups excluding tert-OH is 2. The molecule has 5 atom stereocenters. The maximum atomic E-state index is 12.9. The number of ether oxygens (including phenoxy) is 2. The zero-order valence-corrected chi connectivity index (χ0v) is 32.7. The summed E-state index contributed by atoms with van der Waals surface area (Å²) in [5.41, 5.74) is 3.87. The summed E-state index contributed by atoms with van der Waals surface area (Å²) in [5.74, 6) is 1.59. The van der Waals surface area contributed by atoms with Gasteiger partial charge in [-0.2, -0.15) is 0 Å². The van der Waals surface area contributed by atoms with E-state index in [1.54, 1.807) is 18.1 Å². The molecule has 3 aliphatic rings. The summed E-state index contributed by atoms with van der Waals surface area (Å²) >= 11 is 6.35. The van der Waals surface area contributed by atoms with Crippen LogP contribution in [0.4, 0.5) is 5.69 Å². The Hall–Kier alpha value is -2.54. The van der Waals surface area contributed by atoms with Gasteiger partial charge in [0.05, 0.1) is 31.5 Å². The Balaban J connectivity index is 0.000000424. The highest BCUT2D eigenvalue weighted by Crippen LogP contribution is 2.44. The lowest BCUT2D eigenvalue weighted by molar-refractivity contribution is -0.115. The number of anilines is 1. The van der Waals surface area contributed by atoms with E-state index >= 15 is 0 Å². The molecule has 2 bridgehead atoms. The van der Waals surface area contributed by atoms with Crippen LogP contribution in [0.1, 0.15) is 86.2 Å². The Morgan fingerprint density at radius 2 is 1.86 bits per heavy atom. The van der Waals surface area contributed by atoms with Crippen LogP contribution in [0.15, 0.2) is 36.4 Å². The van der Waals surface area contributed by atoms with Crippen LogP contribution in [0.25, 0.3) is 0 Å². The van der Waals surface area contributed by atoms with E-state index in [2.05, 4.69) is 35.6 Å². The van der Waals surface area contributed by atoms with Crippen LogP contribution < -0.4 is 14.4 Å². The van der Waals surface area contributed by atoms with Crippen LogP contribution in [0, 0.1) is 17.8 Å². The molecule has 0 saturated heterocycles. The molecule has 51 heavy (non-hydrogen) atoms. The van der Waals surface area contributed by atoms with Crippen LogP contribution in [-0.4, -0.2) is 104 Å². The highest BCUT2D eigenvalue weighted by Gasteiger charge is 2.39. The van der Waals surface area contributed by atoms with Crippen LogP contribution in [-0.2, 0) is 26.9 Å². The fraction of sp³-hybridized carbons (Fsp3) is 0.641. The Bertz CT molecular complexity index is 1390. The van der Waals surface area contributed by atoms with Crippen molar-refractivity contribution in [1.29, 1.82) is 0 Å². The lowest BCUT2D eigenvalue weighted by Gasteiger charge is -2.43. The van der Waals surface area contributed by atoms with Gasteiger partial charge in [-0.3, -0.25) is 9.52 Å². The van der Waals surface area contributed by atoms with Crippen LogP contribution in [0.5, 0.6) is 5.75 Å². The number of nitrogens with zero attached hydrogens (tertiary/aromatic N) is 2. The van der Waals surface area contributed by atoms with Crippen LogP contribution in [0.3, 0.4) is 0 Å². The van der Waals surface area contributed by atoms with E-state index < -0.39 is 11.0 Å². The third kappa shape index (κ3) is 12.8. The van der Waals surface area contributed by atoms with E-state index in [9.17, 15) is 13.8 Å². The first kappa shape index (κ1) is 42.9.